The molecule has 0 bridgehead atoms. The number of aromatic nitrogens is 1. The van der Waals surface area contributed by atoms with Crippen LogP contribution in [0.2, 0.25) is 10.0 Å². The molecule has 1 aromatic heterocycles. The lowest BCUT2D eigenvalue weighted by atomic mass is 10.2. The number of hydrogen-bond donors (Lipinski definition) is 1. The van der Waals surface area contributed by atoms with Gasteiger partial charge in [0.05, 0.1) is 0 Å². The number of sulfone groups is 1. The number of pyridine rings is 1. The Morgan fingerprint density at radius 2 is 1.67 bits per heavy atom. The van der Waals surface area contributed by atoms with E-state index in [-0.39, 0.29) is 0 Å². The molecule has 2 aromatic carbocycles. The van der Waals surface area contributed by atoms with Crippen molar-refractivity contribution < 1.29 is 13.2 Å². The van der Waals surface area contributed by atoms with Crippen molar-refractivity contribution in [3.63, 3.8) is 0 Å². The minimum atomic E-state index is -4.10. The number of carbonyl (C=O) groups excluding carboxylic acids is 1. The van der Waals surface area contributed by atoms with E-state index in [1.54, 1.807) is 36.4 Å². The highest BCUT2D eigenvalue weighted by molar-refractivity contribution is 7.92. The van der Waals surface area contributed by atoms with Gasteiger partial charge in [0.1, 0.15) is 10.6 Å². The van der Waals surface area contributed by atoms with E-state index in [9.17, 15) is 18.0 Å². The predicted molar refractivity (Wildman–Crippen MR) is 107 cm³/mol. The maximum absolute atomic E-state index is 12.5. The Labute approximate surface area is 165 Å². The summed E-state index contributed by atoms with van der Waals surface area (Å²) < 4.78 is 25.0. The molecule has 0 radical (unpaired) electrons. The standard InChI is InChI=1S/C19H13Cl2NO4S/c20-14-5-1-12(2-6-14)3-8-16(23)11-27(25,26)18-9-13-4-7-15(21)10-17(13)22-19(18)24/h1-10H,11H2,(H,22,24)/b8-3-. The Hall–Kier alpha value is -2.41. The van der Waals surface area contributed by atoms with Crippen LogP contribution >= 0.6 is 23.2 Å². The van der Waals surface area contributed by atoms with Crippen LogP contribution in [-0.2, 0) is 14.6 Å². The molecular weight excluding hydrogens is 409 g/mol. The summed E-state index contributed by atoms with van der Waals surface area (Å²) in [5.41, 5.74) is 0.324. The Balaban J connectivity index is 1.85. The highest BCUT2D eigenvalue weighted by Crippen LogP contribution is 2.19. The second-order valence-electron chi connectivity index (χ2n) is 5.80. The van der Waals surface area contributed by atoms with Gasteiger partial charge in [-0.05, 0) is 47.4 Å². The fourth-order valence-corrected chi connectivity index (χ4v) is 4.02. The smallest absolute Gasteiger partial charge is 0.267 e. The number of carbonyl (C=O) groups is 1. The summed E-state index contributed by atoms with van der Waals surface area (Å²) in [6, 6.07) is 12.6. The summed E-state index contributed by atoms with van der Waals surface area (Å²) >= 11 is 11.6. The first kappa shape index (κ1) is 19.4. The number of aromatic amines is 1. The first-order valence-electron chi connectivity index (χ1n) is 7.76. The molecule has 3 rings (SSSR count). The van der Waals surface area contributed by atoms with Gasteiger partial charge in [-0.25, -0.2) is 8.42 Å². The summed E-state index contributed by atoms with van der Waals surface area (Å²) in [5, 5.41) is 1.47. The summed E-state index contributed by atoms with van der Waals surface area (Å²) in [6.07, 6.45) is 2.65. The molecule has 0 saturated carbocycles. The van der Waals surface area contributed by atoms with Crippen LogP contribution in [0.1, 0.15) is 5.56 Å². The van der Waals surface area contributed by atoms with Gasteiger partial charge < -0.3 is 4.98 Å². The highest BCUT2D eigenvalue weighted by Gasteiger charge is 2.22. The average molecular weight is 422 g/mol. The van der Waals surface area contributed by atoms with E-state index in [2.05, 4.69) is 4.98 Å². The van der Waals surface area contributed by atoms with Crippen molar-refractivity contribution in [2.45, 2.75) is 4.90 Å². The third-order valence-electron chi connectivity index (χ3n) is 3.77. The van der Waals surface area contributed by atoms with Crippen molar-refractivity contribution in [3.05, 3.63) is 80.6 Å². The fourth-order valence-electron chi connectivity index (χ4n) is 2.46. The lowest BCUT2D eigenvalue weighted by Crippen LogP contribution is -2.22. The highest BCUT2D eigenvalue weighted by atomic mass is 35.5. The van der Waals surface area contributed by atoms with E-state index in [0.717, 1.165) is 6.08 Å². The number of rotatable bonds is 5. The number of ketones is 1. The normalized spacial score (nSPS) is 11.9. The van der Waals surface area contributed by atoms with Crippen LogP contribution in [0.4, 0.5) is 0 Å². The molecule has 0 unspecified atom stereocenters. The summed E-state index contributed by atoms with van der Waals surface area (Å²) in [5.74, 6) is -1.44. The Bertz CT molecular complexity index is 1210. The molecule has 27 heavy (non-hydrogen) atoms. The van der Waals surface area contributed by atoms with E-state index in [1.165, 1.54) is 18.2 Å². The quantitative estimate of drug-likeness (QED) is 0.633. The van der Waals surface area contributed by atoms with Crippen LogP contribution in [-0.4, -0.2) is 24.9 Å². The predicted octanol–water partition coefficient (Wildman–Crippen LogP) is 3.89. The van der Waals surface area contributed by atoms with E-state index in [1.807, 2.05) is 0 Å². The second kappa shape index (κ2) is 7.68. The largest absolute Gasteiger partial charge is 0.321 e. The maximum atomic E-state index is 12.5. The van der Waals surface area contributed by atoms with Crippen molar-refractivity contribution in [2.24, 2.45) is 0 Å². The number of hydrogen-bond acceptors (Lipinski definition) is 4. The molecule has 138 valence electrons. The number of benzene rings is 2. The molecule has 5 nitrogen and oxygen atoms in total. The van der Waals surface area contributed by atoms with Gasteiger partial charge in [0, 0.05) is 15.6 Å². The first-order valence-corrected chi connectivity index (χ1v) is 10.2. The molecule has 0 aliphatic heterocycles. The number of fused-ring (bicyclic) bond motifs is 1. The van der Waals surface area contributed by atoms with Gasteiger partial charge in [-0.1, -0.05) is 47.5 Å². The molecule has 0 spiro atoms. The van der Waals surface area contributed by atoms with Gasteiger partial charge in [0.2, 0.25) is 0 Å². The lowest BCUT2D eigenvalue weighted by molar-refractivity contribution is -0.112. The van der Waals surface area contributed by atoms with Crippen LogP contribution in [0.5, 0.6) is 0 Å². The third-order valence-corrected chi connectivity index (χ3v) is 5.90. The maximum Gasteiger partial charge on any atom is 0.267 e. The van der Waals surface area contributed by atoms with Gasteiger partial charge in [-0.15, -0.1) is 0 Å². The van der Waals surface area contributed by atoms with Gasteiger partial charge in [-0.3, -0.25) is 9.59 Å². The zero-order valence-electron chi connectivity index (χ0n) is 13.8. The van der Waals surface area contributed by atoms with Crippen molar-refractivity contribution in [1.29, 1.82) is 0 Å². The fraction of sp³-hybridized carbons (Fsp3) is 0.0526. The number of H-pyrrole nitrogens is 1. The first-order chi connectivity index (χ1) is 12.7. The second-order valence-corrected chi connectivity index (χ2v) is 8.64. The summed E-state index contributed by atoms with van der Waals surface area (Å²) in [4.78, 5) is 26.3. The Morgan fingerprint density at radius 3 is 2.37 bits per heavy atom. The van der Waals surface area contributed by atoms with Crippen molar-refractivity contribution in [3.8, 4) is 0 Å². The number of allylic oxidation sites excluding steroid dienone is 1. The summed E-state index contributed by atoms with van der Waals surface area (Å²) in [7, 11) is -4.10. The van der Waals surface area contributed by atoms with Crippen LogP contribution in [0.15, 0.2) is 64.3 Å². The molecule has 0 aliphatic rings. The lowest BCUT2D eigenvalue weighted by Gasteiger charge is -2.04. The van der Waals surface area contributed by atoms with Gasteiger partial charge >= 0.3 is 0 Å². The van der Waals surface area contributed by atoms with Crippen LogP contribution in [0.3, 0.4) is 0 Å². The van der Waals surface area contributed by atoms with Gasteiger partial charge in [0.25, 0.3) is 5.56 Å². The minimum Gasteiger partial charge on any atom is -0.321 e. The van der Waals surface area contributed by atoms with Crippen LogP contribution < -0.4 is 5.56 Å². The van der Waals surface area contributed by atoms with E-state index in [0.29, 0.717) is 26.5 Å². The van der Waals surface area contributed by atoms with E-state index in [4.69, 9.17) is 23.2 Å². The summed E-state index contributed by atoms with van der Waals surface area (Å²) in [6.45, 7) is 0. The topological polar surface area (TPSA) is 84.1 Å². The zero-order chi connectivity index (χ0) is 19.6. The molecule has 8 heteroatoms. The van der Waals surface area contributed by atoms with Gasteiger partial charge in [-0.2, -0.15) is 0 Å². The molecule has 0 atom stereocenters. The third kappa shape index (κ3) is 4.66. The molecule has 3 aromatic rings. The molecule has 0 aliphatic carbocycles. The number of halogens is 2. The van der Waals surface area contributed by atoms with Gasteiger partial charge in [0.15, 0.2) is 15.6 Å². The van der Waals surface area contributed by atoms with Crippen molar-refractivity contribution in [1.82, 2.24) is 4.98 Å². The molecule has 0 saturated heterocycles. The minimum absolute atomic E-state index is 0.413. The van der Waals surface area contributed by atoms with Crippen molar-refractivity contribution >= 4 is 55.8 Å². The molecule has 1 heterocycles. The monoisotopic (exact) mass is 421 g/mol. The van der Waals surface area contributed by atoms with Crippen molar-refractivity contribution in [2.75, 3.05) is 5.75 Å². The van der Waals surface area contributed by atoms with E-state index >= 15 is 0 Å². The number of nitrogens with one attached hydrogen (secondary N) is 1. The molecule has 0 amide bonds. The van der Waals surface area contributed by atoms with Crippen LogP contribution in [0.25, 0.3) is 17.0 Å². The molecule has 0 fully saturated rings. The van der Waals surface area contributed by atoms with Crippen LogP contribution in [0, 0.1) is 0 Å². The zero-order valence-corrected chi connectivity index (χ0v) is 16.1. The average Bonchev–Trinajstić information content (AvgIpc) is 2.60. The molecule has 1 N–H and O–H groups in total. The Morgan fingerprint density at radius 1 is 1.00 bits per heavy atom. The SMILES string of the molecule is O=C(/C=C\c1ccc(Cl)cc1)CS(=O)(=O)c1cc2ccc(Cl)cc2[nH]c1=O. The Kier molecular flexibility index (Phi) is 5.51. The molecular formula is C19H13Cl2NO4S. The van der Waals surface area contributed by atoms with E-state index < -0.39 is 31.8 Å².